The fourth-order valence-electron chi connectivity index (χ4n) is 2.27. The van der Waals surface area contributed by atoms with Crippen LogP contribution in [0.4, 0.5) is 16.2 Å². The van der Waals surface area contributed by atoms with E-state index in [0.717, 1.165) is 18.8 Å². The van der Waals surface area contributed by atoms with Gasteiger partial charge in [0.25, 0.3) is 0 Å². The van der Waals surface area contributed by atoms with Crippen LogP contribution < -0.4 is 10.2 Å². The third kappa shape index (κ3) is 3.63. The number of piperidine rings is 1. The number of anilines is 2. The second kappa shape index (κ2) is 6.45. The molecule has 4 heteroatoms. The summed E-state index contributed by atoms with van der Waals surface area (Å²) in [5.74, 6) is 0. The highest BCUT2D eigenvalue weighted by molar-refractivity contribution is 5.89. The van der Waals surface area contributed by atoms with Crippen LogP contribution in [0, 0.1) is 0 Å². The van der Waals surface area contributed by atoms with Crippen molar-refractivity contribution < 1.29 is 4.79 Å². The SMILES string of the molecule is CCN(C)C(=O)Nc1ccc(N2CCCCC2)cc1. The molecular formula is C15H23N3O. The number of hydrogen-bond acceptors (Lipinski definition) is 2. The number of amides is 2. The van der Waals surface area contributed by atoms with Gasteiger partial charge in [-0.05, 0) is 50.5 Å². The summed E-state index contributed by atoms with van der Waals surface area (Å²) >= 11 is 0. The Kier molecular flexibility index (Phi) is 4.66. The number of rotatable bonds is 3. The largest absolute Gasteiger partial charge is 0.372 e. The molecule has 4 nitrogen and oxygen atoms in total. The summed E-state index contributed by atoms with van der Waals surface area (Å²) in [6.07, 6.45) is 3.90. The summed E-state index contributed by atoms with van der Waals surface area (Å²) in [5.41, 5.74) is 2.10. The average Bonchev–Trinajstić information content (AvgIpc) is 2.48. The van der Waals surface area contributed by atoms with Gasteiger partial charge >= 0.3 is 6.03 Å². The van der Waals surface area contributed by atoms with Crippen LogP contribution in [-0.4, -0.2) is 37.6 Å². The lowest BCUT2D eigenvalue weighted by Crippen LogP contribution is -2.31. The molecule has 0 aliphatic carbocycles. The van der Waals surface area contributed by atoms with E-state index in [-0.39, 0.29) is 6.03 Å². The zero-order valence-corrected chi connectivity index (χ0v) is 11.9. The maximum absolute atomic E-state index is 11.7. The van der Waals surface area contributed by atoms with Crippen LogP contribution in [-0.2, 0) is 0 Å². The molecule has 1 fully saturated rings. The van der Waals surface area contributed by atoms with E-state index in [1.165, 1.54) is 24.9 Å². The van der Waals surface area contributed by atoms with Crippen LogP contribution in [0.2, 0.25) is 0 Å². The van der Waals surface area contributed by atoms with Gasteiger partial charge in [0.15, 0.2) is 0 Å². The number of benzene rings is 1. The molecule has 2 rings (SSSR count). The zero-order valence-electron chi connectivity index (χ0n) is 11.9. The van der Waals surface area contributed by atoms with E-state index in [1.54, 1.807) is 11.9 Å². The van der Waals surface area contributed by atoms with Crippen molar-refractivity contribution in [3.63, 3.8) is 0 Å². The van der Waals surface area contributed by atoms with Gasteiger partial charge in [0, 0.05) is 38.1 Å². The van der Waals surface area contributed by atoms with Crippen molar-refractivity contribution in [1.29, 1.82) is 0 Å². The molecule has 1 saturated heterocycles. The maximum atomic E-state index is 11.7. The van der Waals surface area contributed by atoms with Gasteiger partial charge in [-0.3, -0.25) is 0 Å². The molecule has 19 heavy (non-hydrogen) atoms. The summed E-state index contributed by atoms with van der Waals surface area (Å²) < 4.78 is 0. The zero-order chi connectivity index (χ0) is 13.7. The minimum absolute atomic E-state index is 0.0618. The van der Waals surface area contributed by atoms with E-state index in [9.17, 15) is 4.79 Å². The Hall–Kier alpha value is -1.71. The second-order valence-corrected chi connectivity index (χ2v) is 5.04. The first-order valence-corrected chi connectivity index (χ1v) is 7.08. The van der Waals surface area contributed by atoms with Crippen molar-refractivity contribution in [3.05, 3.63) is 24.3 Å². The predicted octanol–water partition coefficient (Wildman–Crippen LogP) is 3.16. The van der Waals surface area contributed by atoms with E-state index in [4.69, 9.17) is 0 Å². The van der Waals surface area contributed by atoms with Crippen LogP contribution in [0.25, 0.3) is 0 Å². The fourth-order valence-corrected chi connectivity index (χ4v) is 2.27. The number of nitrogens with zero attached hydrogens (tertiary/aromatic N) is 2. The van der Waals surface area contributed by atoms with Crippen LogP contribution in [0.5, 0.6) is 0 Å². The number of nitrogens with one attached hydrogen (secondary N) is 1. The van der Waals surface area contributed by atoms with Crippen molar-refractivity contribution in [2.24, 2.45) is 0 Å². The normalized spacial score (nSPS) is 15.2. The predicted molar refractivity (Wildman–Crippen MR) is 79.8 cm³/mol. The molecule has 0 saturated carbocycles. The highest BCUT2D eigenvalue weighted by atomic mass is 16.2. The first kappa shape index (κ1) is 13.7. The van der Waals surface area contributed by atoms with E-state index in [1.807, 2.05) is 19.1 Å². The van der Waals surface area contributed by atoms with Gasteiger partial charge in [-0.15, -0.1) is 0 Å². The van der Waals surface area contributed by atoms with Gasteiger partial charge in [-0.2, -0.15) is 0 Å². The molecule has 0 atom stereocenters. The molecule has 0 spiro atoms. The Balaban J connectivity index is 1.96. The van der Waals surface area contributed by atoms with Crippen molar-refractivity contribution in [3.8, 4) is 0 Å². The van der Waals surface area contributed by atoms with Gasteiger partial charge in [-0.1, -0.05) is 0 Å². The summed E-state index contributed by atoms with van der Waals surface area (Å²) in [4.78, 5) is 15.8. The molecule has 0 bridgehead atoms. The van der Waals surface area contributed by atoms with Crippen LogP contribution in [0.1, 0.15) is 26.2 Å². The van der Waals surface area contributed by atoms with Crippen LogP contribution in [0.3, 0.4) is 0 Å². The van der Waals surface area contributed by atoms with Crippen molar-refractivity contribution in [1.82, 2.24) is 4.90 Å². The smallest absolute Gasteiger partial charge is 0.321 e. The quantitative estimate of drug-likeness (QED) is 0.907. The topological polar surface area (TPSA) is 35.6 Å². The van der Waals surface area contributed by atoms with Crippen LogP contribution >= 0.6 is 0 Å². The lowest BCUT2D eigenvalue weighted by Gasteiger charge is -2.29. The minimum atomic E-state index is -0.0618. The molecule has 1 N–H and O–H groups in total. The Morgan fingerprint density at radius 2 is 1.84 bits per heavy atom. The van der Waals surface area contributed by atoms with Gasteiger partial charge < -0.3 is 15.1 Å². The molecule has 104 valence electrons. The van der Waals surface area contributed by atoms with Crippen molar-refractivity contribution >= 4 is 17.4 Å². The van der Waals surface area contributed by atoms with Gasteiger partial charge in [0.05, 0.1) is 0 Å². The van der Waals surface area contributed by atoms with Gasteiger partial charge in [0.2, 0.25) is 0 Å². The number of hydrogen-bond donors (Lipinski definition) is 1. The molecular weight excluding hydrogens is 238 g/mol. The Labute approximate surface area is 115 Å². The number of carbonyl (C=O) groups excluding carboxylic acids is 1. The summed E-state index contributed by atoms with van der Waals surface area (Å²) in [7, 11) is 1.79. The lowest BCUT2D eigenvalue weighted by molar-refractivity contribution is 0.224. The van der Waals surface area contributed by atoms with Gasteiger partial charge in [0.1, 0.15) is 0 Å². The minimum Gasteiger partial charge on any atom is -0.372 e. The monoisotopic (exact) mass is 261 g/mol. The summed E-state index contributed by atoms with van der Waals surface area (Å²) in [6.45, 7) is 4.95. The number of carbonyl (C=O) groups is 1. The molecule has 1 aliphatic rings. The Bertz CT molecular complexity index is 410. The lowest BCUT2D eigenvalue weighted by atomic mass is 10.1. The van der Waals surface area contributed by atoms with Crippen molar-refractivity contribution in [2.45, 2.75) is 26.2 Å². The first-order valence-electron chi connectivity index (χ1n) is 7.08. The molecule has 0 radical (unpaired) electrons. The molecule has 1 aromatic carbocycles. The third-order valence-corrected chi connectivity index (χ3v) is 3.66. The molecule has 1 heterocycles. The van der Waals surface area contributed by atoms with E-state index in [0.29, 0.717) is 6.54 Å². The van der Waals surface area contributed by atoms with E-state index in [2.05, 4.69) is 22.3 Å². The summed E-state index contributed by atoms with van der Waals surface area (Å²) in [5, 5.41) is 2.89. The van der Waals surface area contributed by atoms with Gasteiger partial charge in [-0.25, -0.2) is 4.79 Å². The third-order valence-electron chi connectivity index (χ3n) is 3.66. The summed E-state index contributed by atoms with van der Waals surface area (Å²) in [6, 6.07) is 8.07. The molecule has 0 unspecified atom stereocenters. The number of urea groups is 1. The maximum Gasteiger partial charge on any atom is 0.321 e. The van der Waals surface area contributed by atoms with Crippen molar-refractivity contribution in [2.75, 3.05) is 36.9 Å². The average molecular weight is 261 g/mol. The highest BCUT2D eigenvalue weighted by Crippen LogP contribution is 2.21. The first-order chi connectivity index (χ1) is 9.20. The molecule has 2 amide bonds. The fraction of sp³-hybridized carbons (Fsp3) is 0.533. The van der Waals surface area contributed by atoms with E-state index < -0.39 is 0 Å². The standard InChI is InChI=1S/C15H23N3O/c1-3-17(2)15(19)16-13-7-9-14(10-8-13)18-11-5-4-6-12-18/h7-10H,3-6,11-12H2,1-2H3,(H,16,19). The Morgan fingerprint density at radius 3 is 2.42 bits per heavy atom. The second-order valence-electron chi connectivity index (χ2n) is 5.04. The molecule has 0 aromatic heterocycles. The Morgan fingerprint density at radius 1 is 1.21 bits per heavy atom. The molecule has 1 aliphatic heterocycles. The molecule has 1 aromatic rings. The van der Waals surface area contributed by atoms with Crippen LogP contribution in [0.15, 0.2) is 24.3 Å². The van der Waals surface area contributed by atoms with E-state index >= 15 is 0 Å². The highest BCUT2D eigenvalue weighted by Gasteiger charge is 2.11.